The summed E-state index contributed by atoms with van der Waals surface area (Å²) >= 11 is 1.21. The first-order chi connectivity index (χ1) is 14.5. The number of benzene rings is 1. The number of ether oxygens (including phenoxy) is 1. The van der Waals surface area contributed by atoms with Crippen LogP contribution in [-0.2, 0) is 14.8 Å². The third-order valence-corrected chi connectivity index (χ3v) is 7.55. The second kappa shape index (κ2) is 8.46. The summed E-state index contributed by atoms with van der Waals surface area (Å²) in [6.45, 7) is 0.281. The van der Waals surface area contributed by atoms with Crippen LogP contribution in [0.4, 0.5) is 5.13 Å². The number of pyridine rings is 1. The second-order valence-electron chi connectivity index (χ2n) is 6.59. The van der Waals surface area contributed by atoms with Gasteiger partial charge in [-0.3, -0.25) is 15.1 Å². The van der Waals surface area contributed by atoms with Crippen LogP contribution in [-0.4, -0.2) is 53.5 Å². The Labute approximate surface area is 177 Å². The number of amides is 1. The fourth-order valence-corrected chi connectivity index (χ4v) is 5.63. The first-order valence-electron chi connectivity index (χ1n) is 9.20. The van der Waals surface area contributed by atoms with Crippen LogP contribution in [0.15, 0.2) is 53.7 Å². The van der Waals surface area contributed by atoms with Gasteiger partial charge in [0.1, 0.15) is 11.8 Å². The number of aromatic nitrogens is 3. The van der Waals surface area contributed by atoms with Gasteiger partial charge in [0.05, 0.1) is 12.0 Å². The topological polar surface area (TPSA) is 114 Å². The monoisotopic (exact) mass is 445 g/mol. The van der Waals surface area contributed by atoms with Gasteiger partial charge in [0, 0.05) is 24.5 Å². The van der Waals surface area contributed by atoms with Crippen LogP contribution in [0.1, 0.15) is 12.8 Å². The lowest BCUT2D eigenvalue weighted by Crippen LogP contribution is -2.43. The molecule has 0 spiro atoms. The molecule has 3 aromatic rings. The van der Waals surface area contributed by atoms with Crippen molar-refractivity contribution in [3.05, 3.63) is 48.8 Å². The van der Waals surface area contributed by atoms with Crippen LogP contribution in [0.5, 0.6) is 5.75 Å². The van der Waals surface area contributed by atoms with Crippen LogP contribution >= 0.6 is 11.3 Å². The number of carbonyl (C=O) groups is 1. The van der Waals surface area contributed by atoms with Gasteiger partial charge >= 0.3 is 0 Å². The van der Waals surface area contributed by atoms with Gasteiger partial charge < -0.3 is 4.74 Å². The zero-order valence-corrected chi connectivity index (χ0v) is 17.7. The number of nitrogens with one attached hydrogen (secondary N) is 1. The minimum Gasteiger partial charge on any atom is -0.497 e. The average Bonchev–Trinajstić information content (AvgIpc) is 3.45. The fraction of sp³-hybridized carbons (Fsp3) is 0.263. The van der Waals surface area contributed by atoms with E-state index in [1.54, 1.807) is 30.6 Å². The number of nitrogens with zero attached hydrogens (tertiary/aromatic N) is 4. The summed E-state index contributed by atoms with van der Waals surface area (Å²) in [5.74, 6) is 0.142. The Bertz CT molecular complexity index is 1130. The van der Waals surface area contributed by atoms with Crippen molar-refractivity contribution in [3.8, 4) is 16.3 Å². The Morgan fingerprint density at radius 3 is 2.73 bits per heavy atom. The first-order valence-corrected chi connectivity index (χ1v) is 11.5. The Balaban J connectivity index is 1.50. The number of rotatable bonds is 6. The van der Waals surface area contributed by atoms with Crippen molar-refractivity contribution in [2.24, 2.45) is 0 Å². The van der Waals surface area contributed by atoms with Gasteiger partial charge in [0.25, 0.3) is 0 Å². The van der Waals surface area contributed by atoms with E-state index in [9.17, 15) is 13.2 Å². The third kappa shape index (κ3) is 4.04. The van der Waals surface area contributed by atoms with Gasteiger partial charge in [0.15, 0.2) is 5.01 Å². The lowest BCUT2D eigenvalue weighted by molar-refractivity contribution is -0.119. The zero-order valence-electron chi connectivity index (χ0n) is 16.1. The maximum atomic E-state index is 13.1. The van der Waals surface area contributed by atoms with E-state index in [1.807, 2.05) is 6.07 Å². The van der Waals surface area contributed by atoms with E-state index in [2.05, 4.69) is 20.5 Å². The van der Waals surface area contributed by atoms with E-state index in [0.717, 1.165) is 5.56 Å². The fourth-order valence-electron chi connectivity index (χ4n) is 3.24. The van der Waals surface area contributed by atoms with Crippen LogP contribution in [0.3, 0.4) is 0 Å². The van der Waals surface area contributed by atoms with Crippen LogP contribution in [0, 0.1) is 0 Å². The molecule has 1 aliphatic heterocycles. The standard InChI is InChI=1S/C19H19N5O4S2/c1-28-14-6-8-15(9-7-14)30(26,27)24-11-3-5-16(24)17(25)21-19-23-22-18(29-19)13-4-2-10-20-12-13/h2,4,6-10,12,16H,3,5,11H2,1H3,(H,21,23,25)/t16-/m1/s1. The molecule has 4 rings (SSSR count). The zero-order chi connectivity index (χ0) is 21.1. The number of anilines is 1. The highest BCUT2D eigenvalue weighted by atomic mass is 32.2. The van der Waals surface area contributed by atoms with E-state index in [4.69, 9.17) is 4.74 Å². The van der Waals surface area contributed by atoms with E-state index >= 15 is 0 Å². The van der Waals surface area contributed by atoms with Gasteiger partial charge in [-0.05, 0) is 49.2 Å². The predicted molar refractivity (Wildman–Crippen MR) is 112 cm³/mol. The Kier molecular flexibility index (Phi) is 5.75. The largest absolute Gasteiger partial charge is 0.497 e. The number of methoxy groups -OCH3 is 1. The molecule has 1 aromatic carbocycles. The highest BCUT2D eigenvalue weighted by molar-refractivity contribution is 7.89. The van der Waals surface area contributed by atoms with Crippen molar-refractivity contribution in [2.45, 2.75) is 23.8 Å². The van der Waals surface area contributed by atoms with Gasteiger partial charge in [-0.2, -0.15) is 4.31 Å². The summed E-state index contributed by atoms with van der Waals surface area (Å²) in [5.41, 5.74) is 0.792. The predicted octanol–water partition coefficient (Wildman–Crippen LogP) is 2.40. The van der Waals surface area contributed by atoms with Crippen molar-refractivity contribution < 1.29 is 17.9 Å². The van der Waals surface area contributed by atoms with Crippen molar-refractivity contribution in [3.63, 3.8) is 0 Å². The van der Waals surface area contributed by atoms with E-state index in [1.165, 1.54) is 34.9 Å². The quantitative estimate of drug-likeness (QED) is 0.620. The molecule has 1 aliphatic rings. The lowest BCUT2D eigenvalue weighted by Gasteiger charge is -2.23. The van der Waals surface area contributed by atoms with Gasteiger partial charge in [-0.1, -0.05) is 11.3 Å². The van der Waals surface area contributed by atoms with Gasteiger partial charge in [-0.25, -0.2) is 8.42 Å². The molecule has 9 nitrogen and oxygen atoms in total. The summed E-state index contributed by atoms with van der Waals surface area (Å²) in [6.07, 6.45) is 4.36. The minimum absolute atomic E-state index is 0.123. The molecule has 3 heterocycles. The van der Waals surface area contributed by atoms with Crippen molar-refractivity contribution in [2.75, 3.05) is 19.0 Å². The molecule has 11 heteroatoms. The van der Waals surface area contributed by atoms with Crippen LogP contribution < -0.4 is 10.1 Å². The third-order valence-electron chi connectivity index (χ3n) is 4.74. The SMILES string of the molecule is COc1ccc(S(=O)(=O)N2CCC[C@@H]2C(=O)Nc2nnc(-c3cccnc3)s2)cc1. The number of hydrogen-bond donors (Lipinski definition) is 1. The number of carbonyl (C=O) groups excluding carboxylic acids is 1. The molecule has 0 saturated carbocycles. The first kappa shape index (κ1) is 20.4. The average molecular weight is 446 g/mol. The molecule has 156 valence electrons. The summed E-state index contributed by atoms with van der Waals surface area (Å²) in [6, 6.07) is 8.95. The molecule has 1 amide bonds. The van der Waals surface area contributed by atoms with Gasteiger partial charge in [-0.15, -0.1) is 10.2 Å². The Morgan fingerprint density at radius 2 is 2.03 bits per heavy atom. The highest BCUT2D eigenvalue weighted by Crippen LogP contribution is 2.29. The molecule has 30 heavy (non-hydrogen) atoms. The molecule has 0 radical (unpaired) electrons. The van der Waals surface area contributed by atoms with Crippen LogP contribution in [0.2, 0.25) is 0 Å². The normalized spacial score (nSPS) is 17.0. The molecule has 1 fully saturated rings. The molecular formula is C19H19N5O4S2. The van der Waals surface area contributed by atoms with E-state index in [0.29, 0.717) is 28.7 Å². The van der Waals surface area contributed by atoms with Crippen molar-refractivity contribution in [1.29, 1.82) is 0 Å². The minimum atomic E-state index is -3.81. The molecule has 0 unspecified atom stereocenters. The number of sulfonamides is 1. The second-order valence-corrected chi connectivity index (χ2v) is 9.46. The smallest absolute Gasteiger partial charge is 0.244 e. The summed E-state index contributed by atoms with van der Waals surface area (Å²) < 4.78 is 32.4. The van der Waals surface area contributed by atoms with E-state index < -0.39 is 22.0 Å². The summed E-state index contributed by atoms with van der Waals surface area (Å²) in [4.78, 5) is 17.0. The molecule has 0 bridgehead atoms. The van der Waals surface area contributed by atoms with E-state index in [-0.39, 0.29) is 11.4 Å². The summed E-state index contributed by atoms with van der Waals surface area (Å²) in [7, 11) is -2.30. The maximum absolute atomic E-state index is 13.1. The molecule has 0 aliphatic carbocycles. The Morgan fingerprint density at radius 1 is 1.23 bits per heavy atom. The van der Waals surface area contributed by atoms with Crippen LogP contribution in [0.25, 0.3) is 10.6 Å². The van der Waals surface area contributed by atoms with Crippen molar-refractivity contribution in [1.82, 2.24) is 19.5 Å². The molecular weight excluding hydrogens is 426 g/mol. The highest BCUT2D eigenvalue weighted by Gasteiger charge is 2.39. The molecule has 1 saturated heterocycles. The molecule has 2 aromatic heterocycles. The number of hydrogen-bond acceptors (Lipinski definition) is 8. The Hall–Kier alpha value is -2.89. The molecule has 1 N–H and O–H groups in total. The van der Waals surface area contributed by atoms with Gasteiger partial charge in [0.2, 0.25) is 21.1 Å². The summed E-state index contributed by atoms with van der Waals surface area (Å²) in [5, 5.41) is 11.7. The maximum Gasteiger partial charge on any atom is 0.244 e. The van der Waals surface area contributed by atoms with Crippen molar-refractivity contribution >= 4 is 32.4 Å². The molecule has 1 atom stereocenters. The lowest BCUT2D eigenvalue weighted by atomic mass is 10.2.